The number of nitrogens with one attached hydrogen (secondary N) is 1. The van der Waals surface area contributed by atoms with E-state index < -0.39 is 0 Å². The molecule has 0 bridgehead atoms. The molecule has 3 nitrogen and oxygen atoms in total. The summed E-state index contributed by atoms with van der Waals surface area (Å²) < 4.78 is 12.1. The summed E-state index contributed by atoms with van der Waals surface area (Å²) in [6.07, 6.45) is 2.14. The molecule has 17 heavy (non-hydrogen) atoms. The molecule has 1 aliphatic rings. The number of ether oxygens (including phenoxy) is 2. The molecule has 1 aliphatic heterocycles. The summed E-state index contributed by atoms with van der Waals surface area (Å²) in [7, 11) is 1.94. The Kier molecular flexibility index (Phi) is 4.07. The third-order valence-electron chi connectivity index (χ3n) is 2.49. The molecule has 0 saturated heterocycles. The van der Waals surface area contributed by atoms with E-state index in [9.17, 15) is 0 Å². The van der Waals surface area contributed by atoms with E-state index in [1.54, 1.807) is 0 Å². The van der Waals surface area contributed by atoms with E-state index in [0.29, 0.717) is 13.2 Å². The van der Waals surface area contributed by atoms with Crippen LogP contribution in [-0.2, 0) is 0 Å². The molecule has 0 saturated carbocycles. The van der Waals surface area contributed by atoms with Crippen LogP contribution >= 0.6 is 15.9 Å². The highest BCUT2D eigenvalue weighted by molar-refractivity contribution is 9.10. The average Bonchev–Trinajstić information content (AvgIpc) is 2.29. The van der Waals surface area contributed by atoms with Gasteiger partial charge in [0, 0.05) is 6.54 Å². The molecule has 1 aromatic carbocycles. The van der Waals surface area contributed by atoms with Crippen LogP contribution in [0, 0.1) is 0 Å². The van der Waals surface area contributed by atoms with Gasteiger partial charge in [-0.15, -0.1) is 0 Å². The van der Waals surface area contributed by atoms with Gasteiger partial charge in [0.1, 0.15) is 13.2 Å². The molecule has 0 spiro atoms. The largest absolute Gasteiger partial charge is 0.486 e. The van der Waals surface area contributed by atoms with Gasteiger partial charge in [-0.05, 0) is 47.6 Å². The van der Waals surface area contributed by atoms with Gasteiger partial charge < -0.3 is 14.8 Å². The van der Waals surface area contributed by atoms with Crippen molar-refractivity contribution in [1.29, 1.82) is 0 Å². The van der Waals surface area contributed by atoms with Gasteiger partial charge in [-0.3, -0.25) is 0 Å². The lowest BCUT2D eigenvalue weighted by atomic mass is 10.1. The van der Waals surface area contributed by atoms with Crippen molar-refractivity contribution in [1.82, 2.24) is 5.32 Å². The highest BCUT2D eigenvalue weighted by Crippen LogP contribution is 2.38. The van der Waals surface area contributed by atoms with Gasteiger partial charge in [-0.1, -0.05) is 11.6 Å². The van der Waals surface area contributed by atoms with Gasteiger partial charge in [0.15, 0.2) is 11.5 Å². The standard InChI is InChI=1S/C13H16BrNO2/c1-9(8-15-2)5-10-6-11(14)13-12(7-10)16-3-4-17-13/h5-7,15H,3-4,8H2,1-2H3. The van der Waals surface area contributed by atoms with Crippen molar-refractivity contribution in [2.45, 2.75) is 6.92 Å². The van der Waals surface area contributed by atoms with Crippen LogP contribution < -0.4 is 14.8 Å². The Bertz CT molecular complexity index is 443. The van der Waals surface area contributed by atoms with Crippen LogP contribution in [0.25, 0.3) is 6.08 Å². The number of likely N-dealkylation sites (N-methyl/N-ethyl adjacent to an activating group) is 1. The molecule has 0 aromatic heterocycles. The van der Waals surface area contributed by atoms with Crippen LogP contribution in [0.15, 0.2) is 22.2 Å². The molecule has 0 amide bonds. The molecule has 4 heteroatoms. The molecule has 0 fully saturated rings. The minimum Gasteiger partial charge on any atom is -0.486 e. The lowest BCUT2D eigenvalue weighted by Crippen LogP contribution is -2.15. The smallest absolute Gasteiger partial charge is 0.175 e. The number of hydrogen-bond acceptors (Lipinski definition) is 3. The Balaban J connectivity index is 2.31. The van der Waals surface area contributed by atoms with E-state index >= 15 is 0 Å². The first-order valence-electron chi connectivity index (χ1n) is 5.61. The van der Waals surface area contributed by atoms with Crippen molar-refractivity contribution in [3.8, 4) is 11.5 Å². The maximum atomic E-state index is 5.59. The average molecular weight is 298 g/mol. The van der Waals surface area contributed by atoms with E-state index in [1.807, 2.05) is 19.2 Å². The normalized spacial score (nSPS) is 14.9. The van der Waals surface area contributed by atoms with Crippen LogP contribution in [0.5, 0.6) is 11.5 Å². The maximum Gasteiger partial charge on any atom is 0.175 e. The fourth-order valence-corrected chi connectivity index (χ4v) is 2.40. The quantitative estimate of drug-likeness (QED) is 0.931. The van der Waals surface area contributed by atoms with Crippen LogP contribution in [-0.4, -0.2) is 26.8 Å². The van der Waals surface area contributed by atoms with E-state index in [0.717, 1.165) is 28.1 Å². The number of halogens is 1. The monoisotopic (exact) mass is 297 g/mol. The van der Waals surface area contributed by atoms with Crippen molar-refractivity contribution in [2.75, 3.05) is 26.8 Å². The second-order valence-corrected chi connectivity index (χ2v) is 4.90. The Hall–Kier alpha value is -1.00. The minimum atomic E-state index is 0.611. The molecular weight excluding hydrogens is 282 g/mol. The Morgan fingerprint density at radius 3 is 2.94 bits per heavy atom. The first kappa shape index (κ1) is 12.5. The zero-order valence-electron chi connectivity index (χ0n) is 10.0. The number of rotatable bonds is 3. The van der Waals surface area contributed by atoms with E-state index in [1.165, 1.54) is 5.57 Å². The summed E-state index contributed by atoms with van der Waals surface area (Å²) in [5, 5.41) is 3.13. The molecule has 2 rings (SSSR count). The Morgan fingerprint density at radius 1 is 1.41 bits per heavy atom. The summed E-state index contributed by atoms with van der Waals surface area (Å²) in [6.45, 7) is 4.20. The molecule has 1 aromatic rings. The van der Waals surface area contributed by atoms with E-state index in [2.05, 4.69) is 34.2 Å². The van der Waals surface area contributed by atoms with Crippen molar-refractivity contribution < 1.29 is 9.47 Å². The van der Waals surface area contributed by atoms with Crippen molar-refractivity contribution in [3.63, 3.8) is 0 Å². The summed E-state index contributed by atoms with van der Waals surface area (Å²) in [4.78, 5) is 0. The number of benzene rings is 1. The third kappa shape index (κ3) is 3.01. The van der Waals surface area contributed by atoms with Crippen LogP contribution in [0.4, 0.5) is 0 Å². The van der Waals surface area contributed by atoms with Gasteiger partial charge in [0.25, 0.3) is 0 Å². The van der Waals surface area contributed by atoms with Gasteiger partial charge in [0.05, 0.1) is 4.47 Å². The van der Waals surface area contributed by atoms with Crippen molar-refractivity contribution in [3.05, 3.63) is 27.7 Å². The fourth-order valence-electron chi connectivity index (χ4n) is 1.83. The first-order valence-corrected chi connectivity index (χ1v) is 6.41. The fraction of sp³-hybridized carbons (Fsp3) is 0.385. The predicted octanol–water partition coefficient (Wildman–Crippen LogP) is 2.84. The van der Waals surface area contributed by atoms with Crippen molar-refractivity contribution >= 4 is 22.0 Å². The summed E-state index contributed by atoms with van der Waals surface area (Å²) in [5.41, 5.74) is 2.39. The molecule has 92 valence electrons. The van der Waals surface area contributed by atoms with E-state index in [-0.39, 0.29) is 0 Å². The SMILES string of the molecule is CNCC(C)=Cc1cc(Br)c2c(c1)OCCO2. The zero-order chi connectivity index (χ0) is 12.3. The van der Waals surface area contributed by atoms with Gasteiger partial charge >= 0.3 is 0 Å². The third-order valence-corrected chi connectivity index (χ3v) is 3.08. The maximum absolute atomic E-state index is 5.59. The highest BCUT2D eigenvalue weighted by atomic mass is 79.9. The molecule has 1 heterocycles. The molecule has 0 radical (unpaired) electrons. The molecule has 0 aliphatic carbocycles. The Labute approximate surface area is 110 Å². The van der Waals surface area contributed by atoms with E-state index in [4.69, 9.17) is 9.47 Å². The Morgan fingerprint density at radius 2 is 2.18 bits per heavy atom. The second-order valence-electron chi connectivity index (χ2n) is 4.05. The first-order chi connectivity index (χ1) is 8.20. The summed E-state index contributed by atoms with van der Waals surface area (Å²) in [6, 6.07) is 4.06. The minimum absolute atomic E-state index is 0.611. The van der Waals surface area contributed by atoms with Gasteiger partial charge in [-0.2, -0.15) is 0 Å². The predicted molar refractivity (Wildman–Crippen MR) is 72.7 cm³/mol. The summed E-state index contributed by atoms with van der Waals surface area (Å²) >= 11 is 3.51. The molecular formula is C13H16BrNO2. The van der Waals surface area contributed by atoms with Gasteiger partial charge in [0.2, 0.25) is 0 Å². The second kappa shape index (κ2) is 5.56. The lowest BCUT2D eigenvalue weighted by Gasteiger charge is -2.20. The molecule has 0 unspecified atom stereocenters. The highest BCUT2D eigenvalue weighted by Gasteiger charge is 2.15. The van der Waals surface area contributed by atoms with Crippen molar-refractivity contribution in [2.24, 2.45) is 0 Å². The lowest BCUT2D eigenvalue weighted by molar-refractivity contribution is 0.170. The molecule has 0 atom stereocenters. The zero-order valence-corrected chi connectivity index (χ0v) is 11.6. The topological polar surface area (TPSA) is 30.5 Å². The van der Waals surface area contributed by atoms with Crippen LogP contribution in [0.2, 0.25) is 0 Å². The van der Waals surface area contributed by atoms with Crippen LogP contribution in [0.1, 0.15) is 12.5 Å². The summed E-state index contributed by atoms with van der Waals surface area (Å²) in [5.74, 6) is 1.62. The number of fused-ring (bicyclic) bond motifs is 1. The molecule has 1 N–H and O–H groups in total. The van der Waals surface area contributed by atoms with Gasteiger partial charge in [-0.25, -0.2) is 0 Å². The van der Waals surface area contributed by atoms with Crippen LogP contribution in [0.3, 0.4) is 0 Å². The number of hydrogen-bond donors (Lipinski definition) is 1.